The average molecular weight is 360 g/mol. The summed E-state index contributed by atoms with van der Waals surface area (Å²) < 4.78 is 18.7. The van der Waals surface area contributed by atoms with E-state index < -0.39 is 17.5 Å². The monoisotopic (exact) mass is 359 g/mol. The van der Waals surface area contributed by atoms with E-state index in [1.165, 1.54) is 6.07 Å². The van der Waals surface area contributed by atoms with Crippen LogP contribution in [0.3, 0.4) is 0 Å². The Kier molecular flexibility index (Phi) is 6.02. The highest BCUT2D eigenvalue weighted by molar-refractivity contribution is 6.36. The second-order valence-corrected chi connectivity index (χ2v) is 5.79. The van der Waals surface area contributed by atoms with Crippen LogP contribution in [0.25, 0.3) is 5.76 Å². The Morgan fingerprint density at radius 3 is 2.70 bits per heavy atom. The van der Waals surface area contributed by atoms with Crippen LogP contribution in [0.1, 0.15) is 31.7 Å². The van der Waals surface area contributed by atoms with Crippen LogP contribution < -0.4 is 0 Å². The maximum Gasteiger partial charge on any atom is 0.343 e. The van der Waals surface area contributed by atoms with Gasteiger partial charge in [0.25, 0.3) is 0 Å². The summed E-state index contributed by atoms with van der Waals surface area (Å²) in [5.41, 5.74) is 0.346. The minimum absolute atomic E-state index is 0.0232. The zero-order chi connectivity index (χ0) is 17.0. The number of aliphatic hydroxyl groups excluding tert-OH is 1. The summed E-state index contributed by atoms with van der Waals surface area (Å²) in [6.07, 6.45) is 2.29. The third-order valence-electron chi connectivity index (χ3n) is 3.39. The number of carbonyl (C=O) groups excluding carboxylic acids is 1. The first-order valence-corrected chi connectivity index (χ1v) is 8.00. The fourth-order valence-corrected chi connectivity index (χ4v) is 2.77. The van der Waals surface area contributed by atoms with Crippen molar-refractivity contribution < 1.29 is 19.0 Å². The quantitative estimate of drug-likeness (QED) is 0.370. The van der Waals surface area contributed by atoms with Gasteiger partial charge in [0, 0.05) is 12.1 Å². The molecule has 2 rings (SSSR count). The van der Waals surface area contributed by atoms with E-state index in [-0.39, 0.29) is 27.8 Å². The SMILES string of the molecule is CCOC(=O)/C(C1=NCCCC1)=C(/O)c1cc(F)c(Cl)cc1Cl. The van der Waals surface area contributed by atoms with Crippen molar-refractivity contribution in [2.24, 2.45) is 4.99 Å². The fraction of sp³-hybridized carbons (Fsp3) is 0.375. The number of rotatable bonds is 4. The molecule has 1 aromatic rings. The molecule has 0 bridgehead atoms. The highest BCUT2D eigenvalue weighted by Gasteiger charge is 2.26. The molecule has 0 spiro atoms. The van der Waals surface area contributed by atoms with Gasteiger partial charge in [0.15, 0.2) is 0 Å². The molecule has 23 heavy (non-hydrogen) atoms. The molecule has 0 atom stereocenters. The van der Waals surface area contributed by atoms with Gasteiger partial charge in [-0.15, -0.1) is 0 Å². The van der Waals surface area contributed by atoms with E-state index in [2.05, 4.69) is 4.99 Å². The normalized spacial score (nSPS) is 15.7. The standard InChI is InChI=1S/C16H16Cl2FNO3/c1-2-23-16(22)14(13-5-3-4-6-20-13)15(21)9-7-12(19)11(18)8-10(9)17/h7-8,21H,2-6H2,1H3/b15-14+. The number of carbonyl (C=O) groups is 1. The lowest BCUT2D eigenvalue weighted by Crippen LogP contribution is -2.20. The number of esters is 1. The Bertz CT molecular complexity index is 686. The molecule has 0 saturated carbocycles. The average Bonchev–Trinajstić information content (AvgIpc) is 2.52. The summed E-state index contributed by atoms with van der Waals surface area (Å²) in [5.74, 6) is -1.91. The van der Waals surface area contributed by atoms with Crippen LogP contribution in [0.5, 0.6) is 0 Å². The van der Waals surface area contributed by atoms with E-state index in [1.54, 1.807) is 6.92 Å². The molecule has 0 radical (unpaired) electrons. The summed E-state index contributed by atoms with van der Waals surface area (Å²) in [4.78, 5) is 16.5. The molecule has 0 aliphatic carbocycles. The number of hydrogen-bond acceptors (Lipinski definition) is 4. The second-order valence-electron chi connectivity index (χ2n) is 4.98. The van der Waals surface area contributed by atoms with E-state index >= 15 is 0 Å². The highest BCUT2D eigenvalue weighted by atomic mass is 35.5. The van der Waals surface area contributed by atoms with Gasteiger partial charge in [0.1, 0.15) is 17.1 Å². The molecule has 4 nitrogen and oxygen atoms in total. The van der Waals surface area contributed by atoms with Gasteiger partial charge >= 0.3 is 5.97 Å². The van der Waals surface area contributed by atoms with Crippen molar-refractivity contribution in [3.63, 3.8) is 0 Å². The third kappa shape index (κ3) is 4.03. The van der Waals surface area contributed by atoms with Crippen molar-refractivity contribution in [2.75, 3.05) is 13.2 Å². The van der Waals surface area contributed by atoms with Gasteiger partial charge in [-0.2, -0.15) is 0 Å². The minimum atomic E-state index is -0.744. The number of aliphatic imine (C=N–C) groups is 1. The molecule has 0 saturated heterocycles. The number of halogens is 3. The van der Waals surface area contributed by atoms with Crippen LogP contribution in [0, 0.1) is 5.82 Å². The molecule has 1 N–H and O–H groups in total. The van der Waals surface area contributed by atoms with Crippen LogP contribution in [0.15, 0.2) is 22.7 Å². The van der Waals surface area contributed by atoms with Crippen LogP contribution in [0.4, 0.5) is 4.39 Å². The number of hydrogen-bond donors (Lipinski definition) is 1. The number of nitrogens with zero attached hydrogens (tertiary/aromatic N) is 1. The Hall–Kier alpha value is -1.59. The van der Waals surface area contributed by atoms with Crippen molar-refractivity contribution >= 4 is 40.6 Å². The zero-order valence-corrected chi connectivity index (χ0v) is 14.0. The molecule has 0 unspecified atom stereocenters. The maximum absolute atomic E-state index is 13.7. The molecule has 1 heterocycles. The van der Waals surface area contributed by atoms with Crippen LogP contribution >= 0.6 is 23.2 Å². The first kappa shape index (κ1) is 17.8. The molecule has 1 aliphatic rings. The molecule has 0 fully saturated rings. The first-order chi connectivity index (χ1) is 11.0. The van der Waals surface area contributed by atoms with E-state index in [0.717, 1.165) is 18.9 Å². The Balaban J connectivity index is 2.59. The third-order valence-corrected chi connectivity index (χ3v) is 4.00. The van der Waals surface area contributed by atoms with Crippen molar-refractivity contribution in [3.05, 3.63) is 39.1 Å². The molecular formula is C16H16Cl2FNO3. The smallest absolute Gasteiger partial charge is 0.343 e. The first-order valence-electron chi connectivity index (χ1n) is 7.24. The predicted octanol–water partition coefficient (Wildman–Crippen LogP) is 4.59. The molecule has 0 amide bonds. The number of benzene rings is 1. The van der Waals surface area contributed by atoms with Gasteiger partial charge < -0.3 is 9.84 Å². The van der Waals surface area contributed by atoms with Gasteiger partial charge in [-0.1, -0.05) is 23.2 Å². The molecule has 124 valence electrons. The number of ether oxygens (including phenoxy) is 1. The molecule has 7 heteroatoms. The van der Waals surface area contributed by atoms with Crippen LogP contribution in [0.2, 0.25) is 10.0 Å². The zero-order valence-electron chi connectivity index (χ0n) is 12.5. The Morgan fingerprint density at radius 1 is 1.35 bits per heavy atom. The summed E-state index contributed by atoms with van der Waals surface area (Å²) in [6, 6.07) is 2.16. The van der Waals surface area contributed by atoms with Gasteiger partial charge in [-0.05, 0) is 38.3 Å². The minimum Gasteiger partial charge on any atom is -0.506 e. The van der Waals surface area contributed by atoms with E-state index in [0.29, 0.717) is 18.7 Å². The molecule has 0 aromatic heterocycles. The van der Waals surface area contributed by atoms with E-state index in [1.807, 2.05) is 0 Å². The Labute approximate surface area is 143 Å². The molecule has 1 aromatic carbocycles. The topological polar surface area (TPSA) is 58.9 Å². The van der Waals surface area contributed by atoms with Gasteiger partial charge in [-0.3, -0.25) is 4.99 Å². The Morgan fingerprint density at radius 2 is 2.09 bits per heavy atom. The van der Waals surface area contributed by atoms with Crippen molar-refractivity contribution in [1.82, 2.24) is 0 Å². The van der Waals surface area contributed by atoms with Gasteiger partial charge in [0.05, 0.1) is 22.4 Å². The highest BCUT2D eigenvalue weighted by Crippen LogP contribution is 2.31. The lowest BCUT2D eigenvalue weighted by atomic mass is 9.98. The van der Waals surface area contributed by atoms with E-state index in [9.17, 15) is 14.3 Å². The van der Waals surface area contributed by atoms with Crippen LogP contribution in [-0.2, 0) is 9.53 Å². The second kappa shape index (κ2) is 7.79. The van der Waals surface area contributed by atoms with E-state index in [4.69, 9.17) is 27.9 Å². The summed E-state index contributed by atoms with van der Waals surface area (Å²) in [6.45, 7) is 2.37. The van der Waals surface area contributed by atoms with Gasteiger partial charge in [-0.25, -0.2) is 9.18 Å². The predicted molar refractivity (Wildman–Crippen MR) is 88.8 cm³/mol. The lowest BCUT2D eigenvalue weighted by molar-refractivity contribution is -0.137. The summed E-state index contributed by atoms with van der Waals surface area (Å²) >= 11 is 11.7. The summed E-state index contributed by atoms with van der Waals surface area (Å²) in [5, 5.41) is 10.4. The lowest BCUT2D eigenvalue weighted by Gasteiger charge is -2.16. The van der Waals surface area contributed by atoms with Crippen molar-refractivity contribution in [3.8, 4) is 0 Å². The summed E-state index contributed by atoms with van der Waals surface area (Å²) in [7, 11) is 0. The van der Waals surface area contributed by atoms with Crippen molar-refractivity contribution in [1.29, 1.82) is 0 Å². The molecular weight excluding hydrogens is 344 g/mol. The maximum atomic E-state index is 13.7. The van der Waals surface area contributed by atoms with Gasteiger partial charge in [0.2, 0.25) is 0 Å². The largest absolute Gasteiger partial charge is 0.506 e. The molecule has 1 aliphatic heterocycles. The van der Waals surface area contributed by atoms with Crippen molar-refractivity contribution in [2.45, 2.75) is 26.2 Å². The van der Waals surface area contributed by atoms with Crippen LogP contribution in [-0.4, -0.2) is 29.9 Å². The fourth-order valence-electron chi connectivity index (χ4n) is 2.29. The number of aliphatic hydroxyl groups is 1.